The number of carbonyl (C=O) groups excluding carboxylic acids is 2. The fourth-order valence-corrected chi connectivity index (χ4v) is 3.96. The highest BCUT2D eigenvalue weighted by atomic mass is 35.5. The maximum atomic E-state index is 12.6. The van der Waals surface area contributed by atoms with Crippen molar-refractivity contribution in [1.82, 2.24) is 10.2 Å². The minimum atomic E-state index is -0.0131. The van der Waals surface area contributed by atoms with Crippen LogP contribution in [0.2, 0.25) is 5.02 Å². The predicted octanol–water partition coefficient (Wildman–Crippen LogP) is 4.26. The average molecular weight is 413 g/mol. The summed E-state index contributed by atoms with van der Waals surface area (Å²) >= 11 is 5.92. The molecule has 4 nitrogen and oxygen atoms in total. The third-order valence-electron chi connectivity index (χ3n) is 5.53. The zero-order chi connectivity index (χ0) is 20.6. The Morgan fingerprint density at radius 1 is 1.03 bits per heavy atom. The van der Waals surface area contributed by atoms with Crippen LogP contribution in [0.4, 0.5) is 0 Å². The van der Waals surface area contributed by atoms with Crippen molar-refractivity contribution in [2.24, 2.45) is 5.92 Å². The van der Waals surface area contributed by atoms with Gasteiger partial charge < -0.3 is 10.2 Å². The van der Waals surface area contributed by atoms with Crippen molar-refractivity contribution in [3.8, 4) is 0 Å². The van der Waals surface area contributed by atoms with Gasteiger partial charge in [-0.2, -0.15) is 0 Å². The molecule has 1 saturated heterocycles. The van der Waals surface area contributed by atoms with Gasteiger partial charge in [0.2, 0.25) is 11.8 Å². The van der Waals surface area contributed by atoms with Gasteiger partial charge in [-0.25, -0.2) is 0 Å². The van der Waals surface area contributed by atoms with Gasteiger partial charge in [-0.1, -0.05) is 54.1 Å². The number of hydrogen-bond donors (Lipinski definition) is 1. The molecule has 1 N–H and O–H groups in total. The number of aryl methyl sites for hydroxylation is 1. The van der Waals surface area contributed by atoms with E-state index in [2.05, 4.69) is 17.4 Å². The van der Waals surface area contributed by atoms with Crippen LogP contribution in [0.15, 0.2) is 54.6 Å². The van der Waals surface area contributed by atoms with Gasteiger partial charge >= 0.3 is 0 Å². The molecule has 1 fully saturated rings. The van der Waals surface area contributed by atoms with Crippen LogP contribution < -0.4 is 5.32 Å². The van der Waals surface area contributed by atoms with Crippen LogP contribution in [0.3, 0.4) is 0 Å². The van der Waals surface area contributed by atoms with Crippen LogP contribution in [0.25, 0.3) is 0 Å². The lowest BCUT2D eigenvalue weighted by Gasteiger charge is -2.32. The summed E-state index contributed by atoms with van der Waals surface area (Å²) in [4.78, 5) is 27.0. The number of carbonyl (C=O) groups is 2. The van der Waals surface area contributed by atoms with Crippen LogP contribution in [0, 0.1) is 5.92 Å². The summed E-state index contributed by atoms with van der Waals surface area (Å²) in [5, 5.41) is 3.85. The Hall–Kier alpha value is -2.33. The summed E-state index contributed by atoms with van der Waals surface area (Å²) in [5.41, 5.74) is 2.34. The van der Waals surface area contributed by atoms with Crippen molar-refractivity contribution in [3.05, 3.63) is 70.7 Å². The number of amides is 2. The Balaban J connectivity index is 1.39. The lowest BCUT2D eigenvalue weighted by molar-refractivity contribution is -0.135. The molecule has 5 heteroatoms. The smallest absolute Gasteiger partial charge is 0.223 e. The molecule has 0 bridgehead atoms. The quantitative estimate of drug-likeness (QED) is 0.738. The van der Waals surface area contributed by atoms with Crippen molar-refractivity contribution in [1.29, 1.82) is 0 Å². The standard InChI is InChI=1S/C24H29ClN2O2/c1-18(17-20-7-10-22(25)11-8-20)26-24(29)21-13-15-27(16-14-21)23(28)12-9-19-5-3-2-4-6-19/h2-8,10-11,18,21H,9,12-17H2,1H3,(H,26,29). The summed E-state index contributed by atoms with van der Waals surface area (Å²) in [5.74, 6) is 0.271. The fourth-order valence-electron chi connectivity index (χ4n) is 3.83. The van der Waals surface area contributed by atoms with E-state index < -0.39 is 0 Å². The first kappa shape index (κ1) is 21.4. The molecule has 0 saturated carbocycles. The Morgan fingerprint density at radius 3 is 2.34 bits per heavy atom. The average Bonchev–Trinajstić information content (AvgIpc) is 2.74. The number of likely N-dealkylation sites (tertiary alicyclic amines) is 1. The highest BCUT2D eigenvalue weighted by molar-refractivity contribution is 6.30. The van der Waals surface area contributed by atoms with Gasteiger partial charge in [0.15, 0.2) is 0 Å². The highest BCUT2D eigenvalue weighted by Gasteiger charge is 2.27. The second-order valence-corrected chi connectivity index (χ2v) is 8.32. The highest BCUT2D eigenvalue weighted by Crippen LogP contribution is 2.19. The van der Waals surface area contributed by atoms with Gasteiger partial charge in [0.25, 0.3) is 0 Å². The van der Waals surface area contributed by atoms with Crippen LogP contribution in [-0.2, 0) is 22.4 Å². The van der Waals surface area contributed by atoms with E-state index in [0.29, 0.717) is 19.5 Å². The second kappa shape index (κ2) is 10.4. The van der Waals surface area contributed by atoms with E-state index in [1.807, 2.05) is 54.3 Å². The van der Waals surface area contributed by atoms with E-state index in [1.165, 1.54) is 5.56 Å². The Kier molecular flexibility index (Phi) is 7.70. The Bertz CT molecular complexity index is 799. The molecular formula is C24H29ClN2O2. The molecular weight excluding hydrogens is 384 g/mol. The van der Waals surface area contributed by atoms with Crippen LogP contribution >= 0.6 is 11.6 Å². The summed E-state index contributed by atoms with van der Waals surface area (Å²) in [6.07, 6.45) is 3.54. The number of nitrogens with one attached hydrogen (secondary N) is 1. The number of rotatable bonds is 7. The lowest BCUT2D eigenvalue weighted by Crippen LogP contribution is -2.45. The third kappa shape index (κ3) is 6.60. The van der Waals surface area contributed by atoms with E-state index in [9.17, 15) is 9.59 Å². The summed E-state index contributed by atoms with van der Waals surface area (Å²) < 4.78 is 0. The maximum Gasteiger partial charge on any atom is 0.223 e. The largest absolute Gasteiger partial charge is 0.353 e. The number of nitrogens with zero attached hydrogens (tertiary/aromatic N) is 1. The van der Waals surface area contributed by atoms with E-state index in [0.717, 1.165) is 36.3 Å². The molecule has 1 heterocycles. The van der Waals surface area contributed by atoms with Gasteiger partial charge in [0.1, 0.15) is 0 Å². The molecule has 1 aliphatic rings. The number of benzene rings is 2. The van der Waals surface area contributed by atoms with Crippen molar-refractivity contribution in [2.75, 3.05) is 13.1 Å². The first-order valence-electron chi connectivity index (χ1n) is 10.4. The Labute approximate surface area is 178 Å². The van der Waals surface area contributed by atoms with Gasteiger partial charge in [-0.3, -0.25) is 9.59 Å². The molecule has 1 unspecified atom stereocenters. The zero-order valence-electron chi connectivity index (χ0n) is 16.9. The number of piperidine rings is 1. The van der Waals surface area contributed by atoms with Crippen molar-refractivity contribution < 1.29 is 9.59 Å². The minimum Gasteiger partial charge on any atom is -0.353 e. The molecule has 1 atom stereocenters. The predicted molar refractivity (Wildman–Crippen MR) is 117 cm³/mol. The first-order chi connectivity index (χ1) is 14.0. The van der Waals surface area contributed by atoms with Crippen molar-refractivity contribution in [3.63, 3.8) is 0 Å². The summed E-state index contributed by atoms with van der Waals surface area (Å²) in [6, 6.07) is 17.9. The maximum absolute atomic E-state index is 12.6. The van der Waals surface area contributed by atoms with Gasteiger partial charge in [-0.05, 0) is 55.9 Å². The molecule has 2 aromatic rings. The molecule has 0 aliphatic carbocycles. The van der Waals surface area contributed by atoms with Gasteiger partial charge in [0, 0.05) is 36.5 Å². The van der Waals surface area contributed by atoms with Crippen molar-refractivity contribution in [2.45, 2.75) is 45.1 Å². The third-order valence-corrected chi connectivity index (χ3v) is 5.78. The van der Waals surface area contributed by atoms with E-state index in [-0.39, 0.29) is 23.8 Å². The topological polar surface area (TPSA) is 49.4 Å². The van der Waals surface area contributed by atoms with Crippen LogP contribution in [-0.4, -0.2) is 35.8 Å². The normalized spacial score (nSPS) is 15.7. The van der Waals surface area contributed by atoms with Gasteiger partial charge in [0.05, 0.1) is 0 Å². The van der Waals surface area contributed by atoms with Gasteiger partial charge in [-0.15, -0.1) is 0 Å². The molecule has 154 valence electrons. The molecule has 1 aliphatic heterocycles. The second-order valence-electron chi connectivity index (χ2n) is 7.88. The fraction of sp³-hybridized carbons (Fsp3) is 0.417. The summed E-state index contributed by atoms with van der Waals surface area (Å²) in [6.45, 7) is 3.35. The SMILES string of the molecule is CC(Cc1ccc(Cl)cc1)NC(=O)C1CCN(C(=O)CCc2ccccc2)CC1. The zero-order valence-corrected chi connectivity index (χ0v) is 17.7. The molecule has 2 aromatic carbocycles. The Morgan fingerprint density at radius 2 is 1.69 bits per heavy atom. The van der Waals surface area contributed by atoms with E-state index >= 15 is 0 Å². The number of hydrogen-bond acceptors (Lipinski definition) is 2. The minimum absolute atomic E-state index is 0.0131. The molecule has 0 radical (unpaired) electrons. The van der Waals surface area contributed by atoms with E-state index in [4.69, 9.17) is 11.6 Å². The lowest BCUT2D eigenvalue weighted by atomic mass is 9.94. The monoisotopic (exact) mass is 412 g/mol. The van der Waals surface area contributed by atoms with Crippen LogP contribution in [0.5, 0.6) is 0 Å². The molecule has 0 spiro atoms. The molecule has 2 amide bonds. The van der Waals surface area contributed by atoms with Crippen molar-refractivity contribution >= 4 is 23.4 Å². The molecule has 3 rings (SSSR count). The first-order valence-corrected chi connectivity index (χ1v) is 10.8. The molecule has 0 aromatic heterocycles. The van der Waals surface area contributed by atoms with Crippen LogP contribution in [0.1, 0.15) is 37.3 Å². The number of halogens is 1. The summed E-state index contributed by atoms with van der Waals surface area (Å²) in [7, 11) is 0. The molecule has 29 heavy (non-hydrogen) atoms. The van der Waals surface area contributed by atoms with E-state index in [1.54, 1.807) is 0 Å².